The van der Waals surface area contributed by atoms with E-state index in [-0.39, 0.29) is 5.91 Å². The number of nitrogens with zero attached hydrogens (tertiary/aromatic N) is 2. The molecule has 166 valence electrons. The molecule has 32 heavy (non-hydrogen) atoms. The molecule has 0 saturated heterocycles. The van der Waals surface area contributed by atoms with Crippen molar-refractivity contribution in [2.75, 3.05) is 20.8 Å². The molecule has 0 fully saturated rings. The van der Waals surface area contributed by atoms with Gasteiger partial charge in [-0.3, -0.25) is 4.79 Å². The van der Waals surface area contributed by atoms with Gasteiger partial charge in [-0.25, -0.2) is 9.97 Å². The Balaban J connectivity index is 1.29. The molecule has 0 aliphatic carbocycles. The van der Waals surface area contributed by atoms with Crippen LogP contribution in [0, 0.1) is 6.92 Å². The summed E-state index contributed by atoms with van der Waals surface area (Å²) in [6.07, 6.45) is 0.677. The number of oxazole rings is 1. The summed E-state index contributed by atoms with van der Waals surface area (Å²) in [4.78, 5) is 21.4. The minimum atomic E-state index is -0.185. The minimum Gasteiger partial charge on any atom is -0.493 e. The number of fused-ring (bicyclic) bond motifs is 1. The zero-order chi connectivity index (χ0) is 22.5. The van der Waals surface area contributed by atoms with E-state index >= 15 is 0 Å². The number of thiazole rings is 1. The molecule has 0 spiro atoms. The molecule has 0 saturated carbocycles. The molecule has 0 bridgehead atoms. The van der Waals surface area contributed by atoms with Gasteiger partial charge in [0, 0.05) is 11.9 Å². The Morgan fingerprint density at radius 1 is 1.16 bits per heavy atom. The molecule has 4 aromatic rings. The maximum absolute atomic E-state index is 12.5. The molecule has 4 rings (SSSR count). The summed E-state index contributed by atoms with van der Waals surface area (Å²) in [6, 6.07) is 11.6. The summed E-state index contributed by atoms with van der Waals surface area (Å²) in [5, 5.41) is 6.14. The van der Waals surface area contributed by atoms with Gasteiger partial charge in [-0.15, -0.1) is 11.3 Å². The van der Waals surface area contributed by atoms with Gasteiger partial charge in [0.25, 0.3) is 11.1 Å². The fourth-order valence-electron chi connectivity index (χ4n) is 3.18. The first-order chi connectivity index (χ1) is 15.6. The third-order valence-electron chi connectivity index (χ3n) is 4.85. The second kappa shape index (κ2) is 10.1. The number of para-hydroxylation sites is 1. The first-order valence-electron chi connectivity index (χ1n) is 10.00. The number of ether oxygens (including phenoxy) is 2. The predicted octanol–water partition coefficient (Wildman–Crippen LogP) is 4.87. The third kappa shape index (κ3) is 5.05. The smallest absolute Gasteiger partial charge is 0.270 e. The van der Waals surface area contributed by atoms with Crippen LogP contribution in [0.15, 0.2) is 51.4 Å². The summed E-state index contributed by atoms with van der Waals surface area (Å²) in [5.74, 6) is 1.76. The normalized spacial score (nSPS) is 11.0. The summed E-state index contributed by atoms with van der Waals surface area (Å²) in [5.41, 5.74) is 4.21. The van der Waals surface area contributed by atoms with Crippen molar-refractivity contribution in [2.45, 2.75) is 24.3 Å². The maximum atomic E-state index is 12.5. The first-order valence-corrected chi connectivity index (χ1v) is 11.9. The number of nitrogens with one attached hydrogen (secondary N) is 1. The Kier molecular flexibility index (Phi) is 6.96. The van der Waals surface area contributed by atoms with Crippen molar-refractivity contribution < 1.29 is 18.7 Å². The van der Waals surface area contributed by atoms with E-state index in [0.717, 1.165) is 27.2 Å². The van der Waals surface area contributed by atoms with E-state index in [1.54, 1.807) is 19.6 Å². The van der Waals surface area contributed by atoms with Crippen molar-refractivity contribution in [3.63, 3.8) is 0 Å². The Hall–Kier alpha value is -3.04. The number of hydrogen-bond donors (Lipinski definition) is 1. The van der Waals surface area contributed by atoms with E-state index < -0.39 is 0 Å². The first kappa shape index (κ1) is 22.2. The standard InChI is InChI=1S/C23H23N3O4S2/c1-14-5-4-6-18-21(14)26-23(30-18)32-13-20-25-16(12-31-20)22(27)24-10-9-15-7-8-17(28-2)19(11-15)29-3/h4-8,11-12H,9-10,13H2,1-3H3,(H,24,27). The van der Waals surface area contributed by atoms with Crippen LogP contribution in [0.4, 0.5) is 0 Å². The molecule has 0 aliphatic heterocycles. The lowest BCUT2D eigenvalue weighted by atomic mass is 10.1. The van der Waals surface area contributed by atoms with Crippen molar-refractivity contribution in [1.82, 2.24) is 15.3 Å². The Morgan fingerprint density at radius 3 is 2.78 bits per heavy atom. The van der Waals surface area contributed by atoms with Crippen molar-refractivity contribution in [3.05, 3.63) is 63.6 Å². The quantitative estimate of drug-likeness (QED) is 0.350. The molecule has 1 N–H and O–H groups in total. The van der Waals surface area contributed by atoms with E-state index in [4.69, 9.17) is 13.9 Å². The van der Waals surface area contributed by atoms with Crippen molar-refractivity contribution in [1.29, 1.82) is 0 Å². The second-order valence-corrected chi connectivity index (χ2v) is 8.88. The number of carbonyl (C=O) groups excluding carboxylic acids is 1. The molecule has 2 aromatic heterocycles. The number of benzene rings is 2. The lowest BCUT2D eigenvalue weighted by molar-refractivity contribution is 0.0949. The fourth-order valence-corrected chi connectivity index (χ4v) is 4.80. The Labute approximate surface area is 194 Å². The van der Waals surface area contributed by atoms with Gasteiger partial charge in [0.1, 0.15) is 16.2 Å². The van der Waals surface area contributed by atoms with Crippen LogP contribution in [0.3, 0.4) is 0 Å². The van der Waals surface area contributed by atoms with Crippen LogP contribution >= 0.6 is 23.1 Å². The largest absolute Gasteiger partial charge is 0.493 e. The third-order valence-corrected chi connectivity index (χ3v) is 6.72. The monoisotopic (exact) mass is 469 g/mol. The molecular weight excluding hydrogens is 446 g/mol. The van der Waals surface area contributed by atoms with Gasteiger partial charge in [-0.2, -0.15) is 0 Å². The lowest BCUT2D eigenvalue weighted by Crippen LogP contribution is -2.26. The highest BCUT2D eigenvalue weighted by molar-refractivity contribution is 7.98. The summed E-state index contributed by atoms with van der Waals surface area (Å²) in [6.45, 7) is 2.51. The van der Waals surface area contributed by atoms with Gasteiger partial charge in [0.05, 0.1) is 20.0 Å². The van der Waals surface area contributed by atoms with Crippen LogP contribution in [-0.4, -0.2) is 36.6 Å². The summed E-state index contributed by atoms with van der Waals surface area (Å²) >= 11 is 2.92. The van der Waals surface area contributed by atoms with Crippen LogP contribution in [0.5, 0.6) is 11.5 Å². The van der Waals surface area contributed by atoms with E-state index in [9.17, 15) is 4.79 Å². The van der Waals surface area contributed by atoms with Crippen LogP contribution < -0.4 is 14.8 Å². The fraction of sp³-hybridized carbons (Fsp3) is 0.261. The van der Waals surface area contributed by atoms with E-state index in [0.29, 0.717) is 41.1 Å². The predicted molar refractivity (Wildman–Crippen MR) is 126 cm³/mol. The number of carbonyl (C=O) groups is 1. The molecule has 0 aliphatic rings. The highest BCUT2D eigenvalue weighted by Crippen LogP contribution is 2.29. The van der Waals surface area contributed by atoms with E-state index in [2.05, 4.69) is 15.3 Å². The van der Waals surface area contributed by atoms with Gasteiger partial charge in [-0.05, 0) is 42.7 Å². The molecule has 7 nitrogen and oxygen atoms in total. The van der Waals surface area contributed by atoms with Gasteiger partial charge in [0.2, 0.25) is 0 Å². The van der Waals surface area contributed by atoms with Crippen molar-refractivity contribution in [2.24, 2.45) is 0 Å². The number of aryl methyl sites for hydroxylation is 1. The van der Waals surface area contributed by atoms with Crippen LogP contribution in [0.25, 0.3) is 11.1 Å². The summed E-state index contributed by atoms with van der Waals surface area (Å²) < 4.78 is 16.4. The average Bonchev–Trinajstić information content (AvgIpc) is 3.45. The number of rotatable bonds is 9. The van der Waals surface area contributed by atoms with E-state index in [1.807, 2.05) is 43.3 Å². The van der Waals surface area contributed by atoms with E-state index in [1.165, 1.54) is 23.1 Å². The Bertz CT molecular complexity index is 1240. The topological polar surface area (TPSA) is 86.5 Å². The highest BCUT2D eigenvalue weighted by Gasteiger charge is 2.13. The second-order valence-electron chi connectivity index (χ2n) is 7.01. The van der Waals surface area contributed by atoms with Crippen LogP contribution in [0.2, 0.25) is 0 Å². The van der Waals surface area contributed by atoms with Gasteiger partial charge >= 0.3 is 0 Å². The lowest BCUT2D eigenvalue weighted by Gasteiger charge is -2.09. The number of amides is 1. The maximum Gasteiger partial charge on any atom is 0.270 e. The Morgan fingerprint density at radius 2 is 2.00 bits per heavy atom. The molecular formula is C23H23N3O4S2. The molecule has 0 unspecified atom stereocenters. The van der Waals surface area contributed by atoms with Crippen LogP contribution in [0.1, 0.15) is 26.6 Å². The van der Waals surface area contributed by atoms with Crippen molar-refractivity contribution in [3.8, 4) is 11.5 Å². The van der Waals surface area contributed by atoms with Crippen LogP contribution in [-0.2, 0) is 12.2 Å². The van der Waals surface area contributed by atoms with Gasteiger partial charge in [-0.1, -0.05) is 30.0 Å². The molecule has 0 atom stereocenters. The van der Waals surface area contributed by atoms with Gasteiger partial charge < -0.3 is 19.2 Å². The van der Waals surface area contributed by atoms with Crippen molar-refractivity contribution >= 4 is 40.1 Å². The summed E-state index contributed by atoms with van der Waals surface area (Å²) in [7, 11) is 3.21. The molecule has 0 radical (unpaired) electrons. The minimum absolute atomic E-state index is 0.185. The zero-order valence-electron chi connectivity index (χ0n) is 18.0. The van der Waals surface area contributed by atoms with Gasteiger partial charge in [0.15, 0.2) is 17.1 Å². The average molecular weight is 470 g/mol. The molecule has 1 amide bonds. The number of hydrogen-bond acceptors (Lipinski definition) is 8. The molecule has 2 heterocycles. The number of aromatic nitrogens is 2. The highest BCUT2D eigenvalue weighted by atomic mass is 32.2. The molecule has 2 aromatic carbocycles. The number of methoxy groups -OCH3 is 2. The molecule has 9 heteroatoms. The SMILES string of the molecule is COc1ccc(CCNC(=O)c2csc(CSc3nc4c(C)cccc4o3)n2)cc1OC. The number of thioether (sulfide) groups is 1. The zero-order valence-corrected chi connectivity index (χ0v) is 19.6.